The van der Waals surface area contributed by atoms with Crippen molar-refractivity contribution in [2.75, 3.05) is 30.8 Å². The maximum atomic E-state index is 12.5. The van der Waals surface area contributed by atoms with E-state index in [4.69, 9.17) is 17.0 Å². The zero-order valence-corrected chi connectivity index (χ0v) is 16.4. The molecule has 0 aromatic heterocycles. The first kappa shape index (κ1) is 19.7. The highest BCUT2D eigenvalue weighted by atomic mass is 32.1. The highest BCUT2D eigenvalue weighted by Crippen LogP contribution is 2.20. The lowest BCUT2D eigenvalue weighted by Gasteiger charge is -2.24. The molecular formula is C20H25N3O2S. The molecule has 0 aliphatic rings. The van der Waals surface area contributed by atoms with Gasteiger partial charge >= 0.3 is 0 Å². The third-order valence-electron chi connectivity index (χ3n) is 4.07. The van der Waals surface area contributed by atoms with Crippen LogP contribution in [0, 0.1) is 13.8 Å². The van der Waals surface area contributed by atoms with Crippen LogP contribution in [0.1, 0.15) is 18.1 Å². The van der Waals surface area contributed by atoms with Gasteiger partial charge in [0.25, 0.3) is 0 Å². The average molecular weight is 372 g/mol. The number of hydrogen-bond donors (Lipinski definition) is 2. The van der Waals surface area contributed by atoms with Gasteiger partial charge in [-0.1, -0.05) is 24.3 Å². The molecular weight excluding hydrogens is 346 g/mol. The molecule has 2 N–H and O–H groups in total. The van der Waals surface area contributed by atoms with Crippen molar-refractivity contribution in [2.24, 2.45) is 0 Å². The van der Waals surface area contributed by atoms with E-state index in [2.05, 4.69) is 10.6 Å². The summed E-state index contributed by atoms with van der Waals surface area (Å²) in [4.78, 5) is 14.3. The number of nitrogens with one attached hydrogen (secondary N) is 2. The zero-order valence-electron chi connectivity index (χ0n) is 15.6. The quantitative estimate of drug-likeness (QED) is 0.753. The van der Waals surface area contributed by atoms with E-state index in [1.807, 2.05) is 68.1 Å². The molecule has 2 aromatic rings. The van der Waals surface area contributed by atoms with Gasteiger partial charge in [0.15, 0.2) is 5.11 Å². The Kier molecular flexibility index (Phi) is 6.97. The Balaban J connectivity index is 2.01. The summed E-state index contributed by atoms with van der Waals surface area (Å²) in [7, 11) is 1.62. The van der Waals surface area contributed by atoms with Crippen LogP contribution in [0.4, 0.5) is 11.4 Å². The number of nitrogens with zero attached hydrogens (tertiary/aromatic N) is 1. The lowest BCUT2D eigenvalue weighted by atomic mass is 10.1. The molecule has 0 saturated heterocycles. The molecule has 0 bridgehead atoms. The third kappa shape index (κ3) is 5.20. The smallest absolute Gasteiger partial charge is 0.243 e. The second-order valence-corrected chi connectivity index (χ2v) is 6.38. The molecule has 0 heterocycles. The van der Waals surface area contributed by atoms with Gasteiger partial charge in [-0.2, -0.15) is 0 Å². The van der Waals surface area contributed by atoms with Crippen molar-refractivity contribution >= 4 is 34.6 Å². The number of ether oxygens (including phenoxy) is 1. The van der Waals surface area contributed by atoms with E-state index in [0.717, 1.165) is 28.3 Å². The summed E-state index contributed by atoms with van der Waals surface area (Å²) >= 11 is 5.46. The number of thiocarbonyl (C=S) groups is 1. The second-order valence-electron chi connectivity index (χ2n) is 5.99. The van der Waals surface area contributed by atoms with Crippen molar-refractivity contribution in [1.29, 1.82) is 0 Å². The lowest BCUT2D eigenvalue weighted by molar-refractivity contribution is -0.116. The SMILES string of the molecule is CCN(CC(=O)Nc1c(C)cccc1C)C(=S)Nc1cccc(OC)c1. The molecule has 0 fully saturated rings. The molecule has 0 radical (unpaired) electrons. The van der Waals surface area contributed by atoms with Crippen LogP contribution in [-0.2, 0) is 4.79 Å². The molecule has 2 rings (SSSR count). The number of carbonyl (C=O) groups excluding carboxylic acids is 1. The fourth-order valence-corrected chi connectivity index (χ4v) is 2.91. The molecule has 0 atom stereocenters. The summed E-state index contributed by atoms with van der Waals surface area (Å²) in [6.45, 7) is 6.73. The Labute approximate surface area is 160 Å². The van der Waals surface area contributed by atoms with E-state index in [-0.39, 0.29) is 12.5 Å². The van der Waals surface area contributed by atoms with E-state index < -0.39 is 0 Å². The van der Waals surface area contributed by atoms with Gasteiger partial charge in [0.2, 0.25) is 5.91 Å². The van der Waals surface area contributed by atoms with Gasteiger partial charge in [-0.25, -0.2) is 0 Å². The predicted octanol–water partition coefficient (Wildman–Crippen LogP) is 3.97. The van der Waals surface area contributed by atoms with Crippen molar-refractivity contribution in [3.05, 3.63) is 53.6 Å². The molecule has 0 aliphatic heterocycles. The standard InChI is InChI=1S/C20H25N3O2S/c1-5-23(20(26)21-16-10-7-11-17(12-16)25-4)13-18(24)22-19-14(2)8-6-9-15(19)3/h6-12H,5,13H2,1-4H3,(H,21,26)(H,22,24). The summed E-state index contributed by atoms with van der Waals surface area (Å²) in [5.41, 5.74) is 3.76. The van der Waals surface area contributed by atoms with Gasteiger partial charge in [-0.05, 0) is 56.2 Å². The summed E-state index contributed by atoms with van der Waals surface area (Å²) in [5, 5.41) is 6.65. The van der Waals surface area contributed by atoms with Crippen LogP contribution >= 0.6 is 12.2 Å². The largest absolute Gasteiger partial charge is 0.497 e. The predicted molar refractivity (Wildman–Crippen MR) is 111 cm³/mol. The number of para-hydroxylation sites is 1. The topological polar surface area (TPSA) is 53.6 Å². The minimum absolute atomic E-state index is 0.0981. The first-order chi connectivity index (χ1) is 12.4. The number of hydrogen-bond acceptors (Lipinski definition) is 3. The fourth-order valence-electron chi connectivity index (χ4n) is 2.59. The molecule has 5 nitrogen and oxygen atoms in total. The normalized spacial score (nSPS) is 10.2. The molecule has 26 heavy (non-hydrogen) atoms. The van der Waals surface area contributed by atoms with Crippen molar-refractivity contribution in [3.8, 4) is 5.75 Å². The van der Waals surface area contributed by atoms with E-state index in [1.54, 1.807) is 7.11 Å². The van der Waals surface area contributed by atoms with Gasteiger partial charge in [-0.15, -0.1) is 0 Å². The van der Waals surface area contributed by atoms with Crippen molar-refractivity contribution in [3.63, 3.8) is 0 Å². The Bertz CT molecular complexity index is 772. The van der Waals surface area contributed by atoms with Crippen LogP contribution in [0.3, 0.4) is 0 Å². The first-order valence-electron chi connectivity index (χ1n) is 8.50. The zero-order chi connectivity index (χ0) is 19.1. The molecule has 6 heteroatoms. The molecule has 0 saturated carbocycles. The van der Waals surface area contributed by atoms with E-state index in [9.17, 15) is 4.79 Å². The van der Waals surface area contributed by atoms with Crippen molar-refractivity contribution in [2.45, 2.75) is 20.8 Å². The van der Waals surface area contributed by atoms with E-state index in [0.29, 0.717) is 11.7 Å². The van der Waals surface area contributed by atoms with Crippen LogP contribution in [0.5, 0.6) is 5.75 Å². The van der Waals surface area contributed by atoms with Crippen molar-refractivity contribution < 1.29 is 9.53 Å². The highest BCUT2D eigenvalue weighted by Gasteiger charge is 2.14. The Morgan fingerprint density at radius 3 is 2.38 bits per heavy atom. The lowest BCUT2D eigenvalue weighted by Crippen LogP contribution is -2.40. The molecule has 138 valence electrons. The maximum absolute atomic E-state index is 12.5. The Hall–Kier alpha value is -2.60. The van der Waals surface area contributed by atoms with Crippen LogP contribution in [0.2, 0.25) is 0 Å². The monoisotopic (exact) mass is 371 g/mol. The number of anilines is 2. The number of methoxy groups -OCH3 is 1. The number of rotatable bonds is 6. The average Bonchev–Trinajstić information content (AvgIpc) is 2.63. The van der Waals surface area contributed by atoms with E-state index >= 15 is 0 Å². The van der Waals surface area contributed by atoms with Crippen LogP contribution in [-0.4, -0.2) is 36.1 Å². The Morgan fingerprint density at radius 1 is 1.12 bits per heavy atom. The van der Waals surface area contributed by atoms with Crippen LogP contribution in [0.15, 0.2) is 42.5 Å². The number of benzene rings is 2. The molecule has 0 spiro atoms. The number of aryl methyl sites for hydroxylation is 2. The van der Waals surface area contributed by atoms with E-state index in [1.165, 1.54) is 0 Å². The number of likely N-dealkylation sites (N-methyl/N-ethyl adjacent to an activating group) is 1. The van der Waals surface area contributed by atoms with Crippen LogP contribution in [0.25, 0.3) is 0 Å². The first-order valence-corrected chi connectivity index (χ1v) is 8.91. The van der Waals surface area contributed by atoms with Gasteiger partial charge in [-0.3, -0.25) is 4.79 Å². The summed E-state index contributed by atoms with van der Waals surface area (Å²) < 4.78 is 5.22. The maximum Gasteiger partial charge on any atom is 0.243 e. The fraction of sp³-hybridized carbons (Fsp3) is 0.300. The Morgan fingerprint density at radius 2 is 1.77 bits per heavy atom. The minimum Gasteiger partial charge on any atom is -0.497 e. The highest BCUT2D eigenvalue weighted by molar-refractivity contribution is 7.80. The van der Waals surface area contributed by atoms with Gasteiger partial charge in [0, 0.05) is 24.0 Å². The molecule has 1 amide bonds. The van der Waals surface area contributed by atoms with Gasteiger partial charge in [0.05, 0.1) is 13.7 Å². The molecule has 0 unspecified atom stereocenters. The van der Waals surface area contributed by atoms with Crippen LogP contribution < -0.4 is 15.4 Å². The van der Waals surface area contributed by atoms with Crippen molar-refractivity contribution in [1.82, 2.24) is 4.90 Å². The second kappa shape index (κ2) is 9.20. The van der Waals surface area contributed by atoms with Gasteiger partial charge < -0.3 is 20.3 Å². The molecule has 2 aromatic carbocycles. The number of amides is 1. The third-order valence-corrected chi connectivity index (χ3v) is 4.43. The number of carbonyl (C=O) groups is 1. The summed E-state index contributed by atoms with van der Waals surface area (Å²) in [5.74, 6) is 0.646. The molecule has 0 aliphatic carbocycles. The van der Waals surface area contributed by atoms with Gasteiger partial charge in [0.1, 0.15) is 5.75 Å². The summed E-state index contributed by atoms with van der Waals surface area (Å²) in [6, 6.07) is 13.4. The minimum atomic E-state index is -0.0981. The summed E-state index contributed by atoms with van der Waals surface area (Å²) in [6.07, 6.45) is 0.